The Bertz CT molecular complexity index is 325. The molecular weight excluding hydrogens is 230 g/mol. The Labute approximate surface area is 108 Å². The number of nitrogens with zero attached hydrogens (tertiary/aromatic N) is 1. The highest BCUT2D eigenvalue weighted by Gasteiger charge is 2.45. The molecule has 1 N–H and O–H groups in total. The van der Waals surface area contributed by atoms with E-state index in [1.807, 2.05) is 0 Å². The van der Waals surface area contributed by atoms with Crippen molar-refractivity contribution in [1.29, 1.82) is 0 Å². The third kappa shape index (κ3) is 2.44. The lowest BCUT2D eigenvalue weighted by Gasteiger charge is -2.30. The summed E-state index contributed by atoms with van der Waals surface area (Å²) in [5.41, 5.74) is -0.856. The normalized spacial score (nSPS) is 32.7. The monoisotopic (exact) mass is 253 g/mol. The Balaban J connectivity index is 2.08. The van der Waals surface area contributed by atoms with Gasteiger partial charge in [-0.05, 0) is 12.8 Å². The van der Waals surface area contributed by atoms with Crippen LogP contribution in [0.3, 0.4) is 0 Å². The van der Waals surface area contributed by atoms with E-state index in [1.54, 1.807) is 13.8 Å². The lowest BCUT2D eigenvalue weighted by molar-refractivity contribution is -0.144. The van der Waals surface area contributed by atoms with Crippen molar-refractivity contribution >= 4 is 11.8 Å². The lowest BCUT2D eigenvalue weighted by Crippen LogP contribution is -2.45. The van der Waals surface area contributed by atoms with Gasteiger partial charge in [-0.3, -0.25) is 14.5 Å². The minimum Gasteiger partial charge on any atom is -0.388 e. The third-order valence-electron chi connectivity index (χ3n) is 4.55. The van der Waals surface area contributed by atoms with Crippen LogP contribution in [0, 0.1) is 11.8 Å². The Kier molecular flexibility index (Phi) is 3.76. The predicted molar refractivity (Wildman–Crippen MR) is 67.7 cm³/mol. The molecule has 4 nitrogen and oxygen atoms in total. The van der Waals surface area contributed by atoms with Gasteiger partial charge in [0, 0.05) is 11.8 Å². The van der Waals surface area contributed by atoms with E-state index in [1.165, 1.54) is 4.90 Å². The van der Waals surface area contributed by atoms with E-state index in [-0.39, 0.29) is 30.2 Å². The summed E-state index contributed by atoms with van der Waals surface area (Å²) < 4.78 is 0. The van der Waals surface area contributed by atoms with E-state index in [9.17, 15) is 14.7 Å². The molecule has 1 heterocycles. The maximum absolute atomic E-state index is 12.0. The molecule has 18 heavy (non-hydrogen) atoms. The fourth-order valence-corrected chi connectivity index (χ4v) is 3.02. The van der Waals surface area contributed by atoms with Crippen molar-refractivity contribution in [2.75, 3.05) is 6.54 Å². The molecule has 0 bridgehead atoms. The fourth-order valence-electron chi connectivity index (χ4n) is 3.02. The van der Waals surface area contributed by atoms with Crippen LogP contribution in [0.4, 0.5) is 0 Å². The fraction of sp³-hybridized carbons (Fsp3) is 0.857. The Hall–Kier alpha value is -0.900. The summed E-state index contributed by atoms with van der Waals surface area (Å²) in [6, 6.07) is 0. The van der Waals surface area contributed by atoms with E-state index < -0.39 is 5.60 Å². The number of carbonyl (C=O) groups is 2. The van der Waals surface area contributed by atoms with Gasteiger partial charge in [-0.15, -0.1) is 0 Å². The third-order valence-corrected chi connectivity index (χ3v) is 4.55. The molecule has 1 saturated heterocycles. The van der Waals surface area contributed by atoms with E-state index in [2.05, 4.69) is 0 Å². The van der Waals surface area contributed by atoms with E-state index >= 15 is 0 Å². The Morgan fingerprint density at radius 1 is 1.06 bits per heavy atom. The molecule has 2 unspecified atom stereocenters. The van der Waals surface area contributed by atoms with E-state index in [4.69, 9.17) is 0 Å². The number of hydrogen-bond donors (Lipinski definition) is 1. The van der Waals surface area contributed by atoms with Gasteiger partial charge in [0.2, 0.25) is 11.8 Å². The first-order chi connectivity index (χ1) is 8.44. The van der Waals surface area contributed by atoms with Crippen molar-refractivity contribution in [3.05, 3.63) is 0 Å². The van der Waals surface area contributed by atoms with Gasteiger partial charge in [-0.25, -0.2) is 0 Å². The molecule has 102 valence electrons. The second-order valence-corrected chi connectivity index (χ2v) is 5.98. The van der Waals surface area contributed by atoms with E-state index in [0.29, 0.717) is 12.8 Å². The minimum atomic E-state index is -0.856. The first-order valence-corrected chi connectivity index (χ1v) is 7.02. The van der Waals surface area contributed by atoms with Gasteiger partial charge in [0.05, 0.1) is 12.1 Å². The molecule has 0 radical (unpaired) electrons. The van der Waals surface area contributed by atoms with Crippen molar-refractivity contribution in [2.24, 2.45) is 11.8 Å². The standard InChI is InChI=1S/C14H23NO3/c1-10-11(2)13(17)15(12(10)16)9-14(18)7-5-3-4-6-8-14/h10-11,18H,3-9H2,1-2H3. The van der Waals surface area contributed by atoms with Crippen molar-refractivity contribution < 1.29 is 14.7 Å². The average molecular weight is 253 g/mol. The SMILES string of the molecule is CC1C(=O)N(CC2(O)CCCCCC2)C(=O)C1C. The first kappa shape index (κ1) is 13.5. The van der Waals surface area contributed by atoms with Gasteiger partial charge in [0.25, 0.3) is 0 Å². The number of amides is 2. The maximum Gasteiger partial charge on any atom is 0.232 e. The second-order valence-electron chi connectivity index (χ2n) is 5.98. The van der Waals surface area contributed by atoms with Crippen LogP contribution in [0.5, 0.6) is 0 Å². The molecule has 0 aromatic rings. The summed E-state index contributed by atoms with van der Waals surface area (Å²) in [6.45, 7) is 3.78. The number of carbonyl (C=O) groups excluding carboxylic acids is 2. The Morgan fingerprint density at radius 3 is 1.94 bits per heavy atom. The molecule has 2 amide bonds. The molecule has 1 aliphatic heterocycles. The zero-order valence-corrected chi connectivity index (χ0v) is 11.3. The summed E-state index contributed by atoms with van der Waals surface area (Å²) in [7, 11) is 0. The summed E-state index contributed by atoms with van der Waals surface area (Å²) >= 11 is 0. The molecular formula is C14H23NO3. The highest BCUT2D eigenvalue weighted by molar-refractivity contribution is 6.04. The van der Waals surface area contributed by atoms with Crippen molar-refractivity contribution in [3.63, 3.8) is 0 Å². The first-order valence-electron chi connectivity index (χ1n) is 7.02. The van der Waals surface area contributed by atoms with Crippen LogP contribution in [0.1, 0.15) is 52.4 Å². The molecule has 2 rings (SSSR count). The number of hydrogen-bond acceptors (Lipinski definition) is 3. The van der Waals surface area contributed by atoms with Crippen molar-refractivity contribution in [3.8, 4) is 0 Å². The molecule has 4 heteroatoms. The summed E-state index contributed by atoms with van der Waals surface area (Å²) in [5.74, 6) is -0.728. The molecule has 0 aromatic heterocycles. The van der Waals surface area contributed by atoms with Gasteiger partial charge in [-0.2, -0.15) is 0 Å². The smallest absolute Gasteiger partial charge is 0.232 e. The molecule has 2 fully saturated rings. The number of aliphatic hydroxyl groups is 1. The number of likely N-dealkylation sites (tertiary alicyclic amines) is 1. The van der Waals surface area contributed by atoms with Crippen LogP contribution in [-0.2, 0) is 9.59 Å². The average Bonchev–Trinajstić information content (AvgIpc) is 2.56. The van der Waals surface area contributed by atoms with Gasteiger partial charge < -0.3 is 5.11 Å². The summed E-state index contributed by atoms with van der Waals surface area (Å²) in [6.07, 6.45) is 5.64. The molecule has 0 spiro atoms. The number of β-amino-alcohol motifs (C(OH)–C–C–N with tert-alkyl or cyclic N) is 1. The maximum atomic E-state index is 12.0. The summed E-state index contributed by atoms with van der Waals surface area (Å²) in [5, 5.41) is 10.6. The van der Waals surface area contributed by atoms with Gasteiger partial charge >= 0.3 is 0 Å². The molecule has 2 aliphatic rings. The number of rotatable bonds is 2. The largest absolute Gasteiger partial charge is 0.388 e. The quantitative estimate of drug-likeness (QED) is 0.602. The van der Waals surface area contributed by atoms with Crippen LogP contribution in [0.25, 0.3) is 0 Å². The molecule has 0 aromatic carbocycles. The Morgan fingerprint density at radius 2 is 1.50 bits per heavy atom. The van der Waals surface area contributed by atoms with Gasteiger partial charge in [0.1, 0.15) is 0 Å². The molecule has 1 aliphatic carbocycles. The zero-order chi connectivity index (χ0) is 13.3. The van der Waals surface area contributed by atoms with Crippen LogP contribution in [0.15, 0.2) is 0 Å². The van der Waals surface area contributed by atoms with Crippen molar-refractivity contribution in [2.45, 2.75) is 58.0 Å². The molecule has 2 atom stereocenters. The molecule has 1 saturated carbocycles. The second kappa shape index (κ2) is 5.00. The van der Waals surface area contributed by atoms with Crippen LogP contribution in [0.2, 0.25) is 0 Å². The summed E-state index contributed by atoms with van der Waals surface area (Å²) in [4.78, 5) is 25.3. The van der Waals surface area contributed by atoms with E-state index in [0.717, 1.165) is 25.7 Å². The van der Waals surface area contributed by atoms with Gasteiger partial charge in [0.15, 0.2) is 0 Å². The van der Waals surface area contributed by atoms with Crippen molar-refractivity contribution in [1.82, 2.24) is 4.90 Å². The topological polar surface area (TPSA) is 57.6 Å². The highest BCUT2D eigenvalue weighted by Crippen LogP contribution is 2.32. The number of imide groups is 1. The van der Waals surface area contributed by atoms with Crippen LogP contribution in [-0.4, -0.2) is 34.0 Å². The predicted octanol–water partition coefficient (Wildman–Crippen LogP) is 1.71. The minimum absolute atomic E-state index is 0.120. The highest BCUT2D eigenvalue weighted by atomic mass is 16.3. The van der Waals surface area contributed by atoms with Gasteiger partial charge in [-0.1, -0.05) is 39.5 Å². The zero-order valence-electron chi connectivity index (χ0n) is 11.3. The van der Waals surface area contributed by atoms with Crippen LogP contribution >= 0.6 is 0 Å². The van der Waals surface area contributed by atoms with Crippen LogP contribution < -0.4 is 0 Å². The lowest BCUT2D eigenvalue weighted by atomic mass is 9.94.